The van der Waals surface area contributed by atoms with E-state index in [1.165, 1.54) is 0 Å². The first-order valence-corrected chi connectivity index (χ1v) is 7.70. The van der Waals surface area contributed by atoms with Crippen LogP contribution in [0, 0.1) is 0 Å². The molecule has 0 bridgehead atoms. The number of anilines is 3. The van der Waals surface area contributed by atoms with Gasteiger partial charge in [-0.2, -0.15) is 0 Å². The molecule has 0 aliphatic carbocycles. The Morgan fingerprint density at radius 2 is 1.61 bits per heavy atom. The number of amides is 1. The first kappa shape index (κ1) is 16.7. The summed E-state index contributed by atoms with van der Waals surface area (Å²) in [6, 6.07) is 7.96. The average Bonchev–Trinajstić information content (AvgIpc) is 2.57. The van der Waals surface area contributed by atoms with Crippen LogP contribution in [0.4, 0.5) is 17.3 Å². The number of carbonyl (C=O) groups excluding carboxylic acids is 1. The van der Waals surface area contributed by atoms with Crippen LogP contribution >= 0.6 is 0 Å². The summed E-state index contributed by atoms with van der Waals surface area (Å²) in [5.41, 5.74) is 2.53. The van der Waals surface area contributed by atoms with Gasteiger partial charge in [-0.3, -0.25) is 4.79 Å². The lowest BCUT2D eigenvalue weighted by Crippen LogP contribution is -2.30. The molecule has 1 amide bonds. The number of carbonyl (C=O) groups is 1. The minimum absolute atomic E-state index is 0.0446. The van der Waals surface area contributed by atoms with E-state index in [1.54, 1.807) is 17.3 Å². The van der Waals surface area contributed by atoms with Gasteiger partial charge in [0, 0.05) is 51.0 Å². The van der Waals surface area contributed by atoms with Crippen molar-refractivity contribution in [2.24, 2.45) is 0 Å². The van der Waals surface area contributed by atoms with E-state index in [4.69, 9.17) is 0 Å². The van der Waals surface area contributed by atoms with Crippen LogP contribution < -0.4 is 10.2 Å². The van der Waals surface area contributed by atoms with Crippen LogP contribution in [-0.4, -0.2) is 48.0 Å². The number of nitrogens with one attached hydrogen (secondary N) is 1. The predicted octanol–water partition coefficient (Wildman–Crippen LogP) is 2.77. The summed E-state index contributed by atoms with van der Waals surface area (Å²) in [6.07, 6.45) is 3.12. The molecule has 122 valence electrons. The Kier molecular flexibility index (Phi) is 5.51. The fraction of sp³-hybridized carbons (Fsp3) is 0.353. The molecule has 0 spiro atoms. The lowest BCUT2D eigenvalue weighted by Gasteiger charge is -2.18. The summed E-state index contributed by atoms with van der Waals surface area (Å²) >= 11 is 0. The quantitative estimate of drug-likeness (QED) is 0.888. The van der Waals surface area contributed by atoms with Gasteiger partial charge in [-0.15, -0.1) is 0 Å². The standard InChI is InChI=1S/C17H23N5O/c1-5-22(6-2)16(23)13-11-18-17(19-12-13)20-14-7-9-15(10-8-14)21(3)4/h7-12H,5-6H2,1-4H3,(H,18,19,20). The van der Waals surface area contributed by atoms with E-state index in [0.717, 1.165) is 11.4 Å². The van der Waals surface area contributed by atoms with Gasteiger partial charge in [0.25, 0.3) is 5.91 Å². The summed E-state index contributed by atoms with van der Waals surface area (Å²) in [5, 5.41) is 3.13. The Bertz CT molecular complexity index is 633. The third kappa shape index (κ3) is 4.18. The second kappa shape index (κ2) is 7.58. The lowest BCUT2D eigenvalue weighted by atomic mass is 10.2. The highest BCUT2D eigenvalue weighted by Crippen LogP contribution is 2.18. The van der Waals surface area contributed by atoms with Gasteiger partial charge in [0.05, 0.1) is 5.56 Å². The highest BCUT2D eigenvalue weighted by molar-refractivity contribution is 5.93. The molecule has 1 N–H and O–H groups in total. The van der Waals surface area contributed by atoms with Crippen molar-refractivity contribution < 1.29 is 4.79 Å². The Morgan fingerprint density at radius 1 is 1.04 bits per heavy atom. The van der Waals surface area contributed by atoms with Crippen molar-refractivity contribution in [2.45, 2.75) is 13.8 Å². The predicted molar refractivity (Wildman–Crippen MR) is 93.3 cm³/mol. The maximum absolute atomic E-state index is 12.2. The second-order valence-corrected chi connectivity index (χ2v) is 5.34. The zero-order valence-electron chi connectivity index (χ0n) is 14.1. The van der Waals surface area contributed by atoms with Gasteiger partial charge in [-0.25, -0.2) is 9.97 Å². The van der Waals surface area contributed by atoms with Gasteiger partial charge >= 0.3 is 0 Å². The first-order valence-electron chi connectivity index (χ1n) is 7.70. The van der Waals surface area contributed by atoms with Crippen LogP contribution in [0.2, 0.25) is 0 Å². The molecule has 0 fully saturated rings. The van der Waals surface area contributed by atoms with Crippen LogP contribution in [-0.2, 0) is 0 Å². The molecule has 1 heterocycles. The van der Waals surface area contributed by atoms with Crippen molar-refractivity contribution in [1.29, 1.82) is 0 Å². The third-order valence-electron chi connectivity index (χ3n) is 3.59. The van der Waals surface area contributed by atoms with Crippen LogP contribution in [0.25, 0.3) is 0 Å². The van der Waals surface area contributed by atoms with Gasteiger partial charge in [-0.1, -0.05) is 0 Å². The van der Waals surface area contributed by atoms with Crippen molar-refractivity contribution >= 4 is 23.2 Å². The molecule has 0 radical (unpaired) electrons. The van der Waals surface area contributed by atoms with Crippen LogP contribution in [0.5, 0.6) is 0 Å². The van der Waals surface area contributed by atoms with Gasteiger partial charge in [-0.05, 0) is 38.1 Å². The molecule has 0 saturated heterocycles. The van der Waals surface area contributed by atoms with Crippen molar-refractivity contribution in [3.63, 3.8) is 0 Å². The SMILES string of the molecule is CCN(CC)C(=O)c1cnc(Nc2ccc(N(C)C)cc2)nc1. The maximum Gasteiger partial charge on any atom is 0.256 e. The zero-order valence-corrected chi connectivity index (χ0v) is 14.1. The van der Waals surface area contributed by atoms with E-state index in [-0.39, 0.29) is 5.91 Å². The van der Waals surface area contributed by atoms with Gasteiger partial charge in [0.1, 0.15) is 0 Å². The molecule has 1 aromatic carbocycles. The molecule has 2 rings (SSSR count). The molecule has 2 aromatic rings. The van der Waals surface area contributed by atoms with Crippen LogP contribution in [0.3, 0.4) is 0 Å². The van der Waals surface area contributed by atoms with E-state index in [9.17, 15) is 4.79 Å². The van der Waals surface area contributed by atoms with Gasteiger partial charge < -0.3 is 15.1 Å². The van der Waals surface area contributed by atoms with Gasteiger partial charge in [0.15, 0.2) is 0 Å². The van der Waals surface area contributed by atoms with Crippen LogP contribution in [0.15, 0.2) is 36.7 Å². The molecule has 6 heteroatoms. The smallest absolute Gasteiger partial charge is 0.256 e. The average molecular weight is 313 g/mol. The monoisotopic (exact) mass is 313 g/mol. The molecular formula is C17H23N5O. The molecule has 23 heavy (non-hydrogen) atoms. The fourth-order valence-corrected chi connectivity index (χ4v) is 2.17. The number of aromatic nitrogens is 2. The molecule has 6 nitrogen and oxygen atoms in total. The fourth-order valence-electron chi connectivity index (χ4n) is 2.17. The van der Waals surface area contributed by atoms with Crippen molar-refractivity contribution in [1.82, 2.24) is 14.9 Å². The highest BCUT2D eigenvalue weighted by Gasteiger charge is 2.13. The molecule has 0 saturated carbocycles. The van der Waals surface area contributed by atoms with Crippen LogP contribution in [0.1, 0.15) is 24.2 Å². The van der Waals surface area contributed by atoms with Gasteiger partial charge in [0.2, 0.25) is 5.95 Å². The normalized spacial score (nSPS) is 10.3. The topological polar surface area (TPSA) is 61.4 Å². The van der Waals surface area contributed by atoms with E-state index < -0.39 is 0 Å². The second-order valence-electron chi connectivity index (χ2n) is 5.34. The molecule has 0 atom stereocenters. The molecule has 1 aromatic heterocycles. The largest absolute Gasteiger partial charge is 0.378 e. The first-order chi connectivity index (χ1) is 11.0. The molecular weight excluding hydrogens is 290 g/mol. The summed E-state index contributed by atoms with van der Waals surface area (Å²) in [7, 11) is 3.99. The third-order valence-corrected chi connectivity index (χ3v) is 3.59. The molecule has 0 aliphatic rings. The molecule has 0 unspecified atom stereocenters. The summed E-state index contributed by atoms with van der Waals surface area (Å²) in [6.45, 7) is 5.26. The minimum atomic E-state index is -0.0446. The number of hydrogen-bond donors (Lipinski definition) is 1. The minimum Gasteiger partial charge on any atom is -0.378 e. The maximum atomic E-state index is 12.2. The van der Waals surface area contributed by atoms with E-state index in [1.807, 2.05) is 57.1 Å². The summed E-state index contributed by atoms with van der Waals surface area (Å²) in [5.74, 6) is 0.426. The Morgan fingerprint density at radius 3 is 2.09 bits per heavy atom. The number of nitrogens with zero attached hydrogens (tertiary/aromatic N) is 4. The van der Waals surface area contributed by atoms with Crippen molar-refractivity contribution in [3.8, 4) is 0 Å². The highest BCUT2D eigenvalue weighted by atomic mass is 16.2. The van der Waals surface area contributed by atoms with Crippen molar-refractivity contribution in [2.75, 3.05) is 37.4 Å². The summed E-state index contributed by atoms with van der Waals surface area (Å²) < 4.78 is 0. The number of benzene rings is 1. The number of hydrogen-bond acceptors (Lipinski definition) is 5. The van der Waals surface area contributed by atoms with Crippen molar-refractivity contribution in [3.05, 3.63) is 42.2 Å². The number of rotatable bonds is 6. The Labute approximate surface area is 137 Å². The van der Waals surface area contributed by atoms with E-state index >= 15 is 0 Å². The lowest BCUT2D eigenvalue weighted by molar-refractivity contribution is 0.0772. The molecule has 0 aliphatic heterocycles. The zero-order chi connectivity index (χ0) is 16.8. The van der Waals surface area contributed by atoms with E-state index in [2.05, 4.69) is 15.3 Å². The Balaban J connectivity index is 2.06. The Hall–Kier alpha value is -2.63. The summed E-state index contributed by atoms with van der Waals surface area (Å²) in [4.78, 5) is 24.4. The van der Waals surface area contributed by atoms with E-state index in [0.29, 0.717) is 24.6 Å².